The number of aliphatic hydroxyl groups excluding tert-OH is 1. The molecular weight excluding hydrogens is 411 g/mol. The van der Waals surface area contributed by atoms with E-state index in [1.165, 1.54) is 0 Å². The topological polar surface area (TPSA) is 112 Å². The van der Waals surface area contributed by atoms with Crippen molar-refractivity contribution in [1.82, 2.24) is 0 Å². The van der Waals surface area contributed by atoms with Gasteiger partial charge in [0.25, 0.3) is 0 Å². The Morgan fingerprint density at radius 1 is 0.500 bits per heavy atom. The molecule has 0 aromatic carbocycles. The summed E-state index contributed by atoms with van der Waals surface area (Å²) in [6.45, 7) is 17.9. The second kappa shape index (κ2) is 36.6. The first-order chi connectivity index (χ1) is 11.4. The largest absolute Gasteiger partial charge is 4.00 e. The van der Waals surface area contributed by atoms with Crippen molar-refractivity contribution in [3.05, 3.63) is 0 Å². The third kappa shape index (κ3) is 121. The van der Waals surface area contributed by atoms with Crippen molar-refractivity contribution in [3.63, 3.8) is 0 Å². The van der Waals surface area contributed by atoms with Gasteiger partial charge in [0.15, 0.2) is 0 Å². The van der Waals surface area contributed by atoms with Gasteiger partial charge < -0.3 is 25.5 Å². The fraction of sp³-hybridized carbons (Fsp3) is 1.00. The fourth-order valence-corrected chi connectivity index (χ4v) is 0. The van der Waals surface area contributed by atoms with Crippen LogP contribution in [0.25, 0.3) is 0 Å². The predicted molar refractivity (Wildman–Crippen MR) is 101 cm³/mol. The maximum Gasteiger partial charge on any atom is 4.00 e. The Hall–Kier alpha value is 0.683. The van der Waals surface area contributed by atoms with Crippen LogP contribution in [-0.4, -0.2) is 35.6 Å². The Morgan fingerprint density at radius 3 is 0.577 bits per heavy atom. The Labute approximate surface area is 183 Å². The molecule has 160 valence electrons. The molecule has 26 heavy (non-hydrogen) atoms. The monoisotopic (exact) mass is 456 g/mol. The number of hydrogen-bond donors (Lipinski definition) is 1. The van der Waals surface area contributed by atoms with E-state index in [0.717, 1.165) is 32.1 Å². The summed E-state index contributed by atoms with van der Waals surface area (Å²) < 4.78 is 0. The summed E-state index contributed by atoms with van der Waals surface area (Å²) >= 11 is 0. The van der Waals surface area contributed by atoms with Gasteiger partial charge in [-0.1, -0.05) is 88.0 Å². The summed E-state index contributed by atoms with van der Waals surface area (Å²) in [6, 6.07) is 0. The minimum absolute atomic E-state index is 0. The molecule has 0 saturated carbocycles. The van der Waals surface area contributed by atoms with Gasteiger partial charge in [-0.2, -0.15) is 0 Å². The van der Waals surface area contributed by atoms with Gasteiger partial charge >= 0.3 is 26.2 Å². The summed E-state index contributed by atoms with van der Waals surface area (Å²) in [5.74, 6) is 0. The average molecular weight is 458 g/mol. The maximum atomic E-state index is 9.90. The number of rotatable bonds is 5. The molecular formula is C20H46O5Zr. The first kappa shape index (κ1) is 41.1. The molecule has 0 saturated heterocycles. The van der Waals surface area contributed by atoms with Crippen LogP contribution in [0, 0.1) is 0 Å². The number of aliphatic hydroxyl groups is 1. The van der Waals surface area contributed by atoms with Crippen molar-refractivity contribution in [2.45, 2.75) is 132 Å². The van der Waals surface area contributed by atoms with Crippen molar-refractivity contribution < 1.29 is 51.7 Å². The molecule has 0 rings (SSSR count). The molecule has 5 atom stereocenters. The first-order valence-electron chi connectivity index (χ1n) is 9.66. The Bertz CT molecular complexity index is 141. The van der Waals surface area contributed by atoms with E-state index in [2.05, 4.69) is 0 Å². The second-order valence-electron chi connectivity index (χ2n) is 6.13. The molecule has 0 heterocycles. The molecule has 0 spiro atoms. The molecule has 5 unspecified atom stereocenters. The molecule has 5 nitrogen and oxygen atoms in total. The van der Waals surface area contributed by atoms with Crippen LogP contribution < -0.4 is 20.4 Å². The molecule has 0 radical (unpaired) electrons. The predicted octanol–water partition coefficient (Wildman–Crippen LogP) is 1.36. The quantitative estimate of drug-likeness (QED) is 0.669. The van der Waals surface area contributed by atoms with Crippen LogP contribution in [0.1, 0.15) is 101 Å². The zero-order valence-corrected chi connectivity index (χ0v) is 21.5. The number of hydrogen-bond acceptors (Lipinski definition) is 5. The summed E-state index contributed by atoms with van der Waals surface area (Å²) in [4.78, 5) is 0. The van der Waals surface area contributed by atoms with Crippen molar-refractivity contribution in [1.29, 1.82) is 0 Å². The molecule has 1 N–H and O–H groups in total. The zero-order valence-electron chi connectivity index (χ0n) is 19.0. The van der Waals surface area contributed by atoms with Crippen molar-refractivity contribution in [2.75, 3.05) is 0 Å². The summed E-state index contributed by atoms with van der Waals surface area (Å²) in [7, 11) is 0. The van der Waals surface area contributed by atoms with Crippen molar-refractivity contribution in [2.24, 2.45) is 0 Å². The van der Waals surface area contributed by atoms with E-state index in [0.29, 0.717) is 0 Å². The van der Waals surface area contributed by atoms with Gasteiger partial charge in [-0.05, 0) is 13.3 Å². The smallest absolute Gasteiger partial charge is 0.852 e. The summed E-state index contributed by atoms with van der Waals surface area (Å²) in [5, 5.41) is 47.9. The molecule has 0 aliphatic carbocycles. The summed E-state index contributed by atoms with van der Waals surface area (Å²) in [5.41, 5.74) is 0. The molecule has 0 aliphatic heterocycles. The van der Waals surface area contributed by atoms with E-state index < -0.39 is 0 Å². The van der Waals surface area contributed by atoms with E-state index in [4.69, 9.17) is 5.11 Å². The molecule has 0 amide bonds. The van der Waals surface area contributed by atoms with Crippen molar-refractivity contribution >= 4 is 0 Å². The Kier molecular flexibility index (Phi) is 57.9. The van der Waals surface area contributed by atoms with Gasteiger partial charge in [0.05, 0.1) is 6.10 Å². The van der Waals surface area contributed by atoms with Gasteiger partial charge in [-0.25, -0.2) is 0 Å². The third-order valence-electron chi connectivity index (χ3n) is 2.89. The van der Waals surface area contributed by atoms with E-state index >= 15 is 0 Å². The van der Waals surface area contributed by atoms with E-state index in [1.54, 1.807) is 34.6 Å². The van der Waals surface area contributed by atoms with E-state index in [-0.39, 0.29) is 56.7 Å². The van der Waals surface area contributed by atoms with Gasteiger partial charge in [-0.15, -0.1) is 24.4 Å². The van der Waals surface area contributed by atoms with Crippen LogP contribution in [0.15, 0.2) is 0 Å². The zero-order chi connectivity index (χ0) is 21.4. The standard InChI is InChI=1S/C4H10O.4C4H9O.Zr/c5*1-3-4(2)5;/h4-5H,3H2,1-2H3;4*4H,3H2,1-2H3;/q;4*-1;+4. The maximum absolute atomic E-state index is 9.90. The SMILES string of the molecule is CCC(C)O.CCC(C)[O-].CCC(C)[O-].CCC(C)[O-].CCC(C)[O-].[Zr+4]. The van der Waals surface area contributed by atoms with Gasteiger partial charge in [0, 0.05) is 0 Å². The van der Waals surface area contributed by atoms with Gasteiger partial charge in [-0.3, -0.25) is 0 Å². The van der Waals surface area contributed by atoms with Crippen LogP contribution in [0.5, 0.6) is 0 Å². The third-order valence-corrected chi connectivity index (χ3v) is 2.89. The van der Waals surface area contributed by atoms with Crippen molar-refractivity contribution in [3.8, 4) is 0 Å². The molecule has 0 aromatic rings. The first-order valence-corrected chi connectivity index (χ1v) is 9.66. The average Bonchev–Trinajstić information content (AvgIpc) is 2.56. The van der Waals surface area contributed by atoms with Gasteiger partial charge in [0.1, 0.15) is 0 Å². The van der Waals surface area contributed by atoms with E-state index in [9.17, 15) is 20.4 Å². The van der Waals surface area contributed by atoms with E-state index in [1.807, 2.05) is 34.6 Å². The second-order valence-corrected chi connectivity index (χ2v) is 6.13. The molecule has 6 heteroatoms. The Morgan fingerprint density at radius 2 is 0.577 bits per heavy atom. The molecule has 0 fully saturated rings. The van der Waals surface area contributed by atoms with Crippen LogP contribution in [0.2, 0.25) is 0 Å². The van der Waals surface area contributed by atoms with Gasteiger partial charge in [0.2, 0.25) is 0 Å². The normalized spacial score (nSPS) is 14.4. The molecule has 0 bridgehead atoms. The molecule has 0 aromatic heterocycles. The molecule has 0 aliphatic rings. The Balaban J connectivity index is -0.0000000476. The van der Waals surface area contributed by atoms with Crippen LogP contribution >= 0.6 is 0 Å². The van der Waals surface area contributed by atoms with Crippen LogP contribution in [0.3, 0.4) is 0 Å². The summed E-state index contributed by atoms with van der Waals surface area (Å²) in [6.07, 6.45) is 2.28. The minimum atomic E-state index is -0.366. The van der Waals surface area contributed by atoms with Crippen LogP contribution in [-0.2, 0) is 26.2 Å². The minimum Gasteiger partial charge on any atom is -0.852 e. The van der Waals surface area contributed by atoms with Crippen LogP contribution in [0.4, 0.5) is 0 Å². The fourth-order valence-electron chi connectivity index (χ4n) is 0.